The van der Waals surface area contributed by atoms with Crippen LogP contribution in [-0.4, -0.2) is 34.6 Å². The highest BCUT2D eigenvalue weighted by molar-refractivity contribution is 7.14. The second-order valence-corrected chi connectivity index (χ2v) is 3.99. The molecule has 0 saturated carbocycles. The number of anilines is 1. The minimum atomic E-state index is -1.20. The van der Waals surface area contributed by atoms with Gasteiger partial charge in [0.1, 0.15) is 12.8 Å². The van der Waals surface area contributed by atoms with Crippen LogP contribution < -0.4 is 5.43 Å². The normalized spacial score (nSPS) is 10.9. The van der Waals surface area contributed by atoms with E-state index in [0.717, 1.165) is 5.71 Å². The first-order valence-corrected chi connectivity index (χ1v) is 5.49. The Balaban J connectivity index is 2.89. The molecule has 0 unspecified atom stereocenters. The standard InChI is InChI=1S/C9H12N4O3S/c1-5(2)11-12-9-10-6(4-17-9)7(8(14)15)13-16-3/h4H,1-3H3,(H,10,12)(H,14,15). The van der Waals surface area contributed by atoms with Crippen LogP contribution in [0.4, 0.5) is 5.13 Å². The molecule has 0 aromatic carbocycles. The van der Waals surface area contributed by atoms with E-state index in [9.17, 15) is 4.79 Å². The van der Waals surface area contributed by atoms with Gasteiger partial charge in [-0.15, -0.1) is 11.3 Å². The van der Waals surface area contributed by atoms with E-state index >= 15 is 0 Å². The molecule has 17 heavy (non-hydrogen) atoms. The largest absolute Gasteiger partial charge is 0.476 e. The Labute approximate surface area is 102 Å². The van der Waals surface area contributed by atoms with Gasteiger partial charge in [0.05, 0.1) is 0 Å². The highest BCUT2D eigenvalue weighted by atomic mass is 32.1. The van der Waals surface area contributed by atoms with Crippen LogP contribution >= 0.6 is 11.3 Å². The molecule has 1 rings (SSSR count). The Morgan fingerprint density at radius 3 is 2.82 bits per heavy atom. The molecule has 0 spiro atoms. The number of nitrogens with zero attached hydrogens (tertiary/aromatic N) is 3. The van der Waals surface area contributed by atoms with Crippen LogP contribution in [0.15, 0.2) is 15.6 Å². The molecule has 0 saturated heterocycles. The zero-order valence-electron chi connectivity index (χ0n) is 9.59. The molecule has 1 aromatic rings. The Morgan fingerprint density at radius 2 is 2.29 bits per heavy atom. The van der Waals surface area contributed by atoms with Crippen molar-refractivity contribution in [1.82, 2.24) is 4.98 Å². The average molecular weight is 256 g/mol. The molecule has 0 aliphatic carbocycles. The van der Waals surface area contributed by atoms with E-state index in [4.69, 9.17) is 5.11 Å². The molecule has 0 aliphatic heterocycles. The van der Waals surface area contributed by atoms with E-state index in [0.29, 0.717) is 5.13 Å². The van der Waals surface area contributed by atoms with E-state index in [1.54, 1.807) is 5.38 Å². The van der Waals surface area contributed by atoms with Gasteiger partial charge in [-0.2, -0.15) is 5.10 Å². The molecule has 0 bridgehead atoms. The predicted molar refractivity (Wildman–Crippen MR) is 65.7 cm³/mol. The summed E-state index contributed by atoms with van der Waals surface area (Å²) in [5.74, 6) is -1.20. The summed E-state index contributed by atoms with van der Waals surface area (Å²) in [7, 11) is 1.28. The lowest BCUT2D eigenvalue weighted by atomic mass is 10.3. The van der Waals surface area contributed by atoms with Crippen molar-refractivity contribution in [1.29, 1.82) is 0 Å². The molecule has 92 valence electrons. The smallest absolute Gasteiger partial charge is 0.360 e. The average Bonchev–Trinajstić information content (AvgIpc) is 2.71. The second kappa shape index (κ2) is 5.94. The van der Waals surface area contributed by atoms with Crippen LogP contribution in [0, 0.1) is 0 Å². The van der Waals surface area contributed by atoms with Crippen molar-refractivity contribution < 1.29 is 14.7 Å². The fourth-order valence-electron chi connectivity index (χ4n) is 0.880. The monoisotopic (exact) mass is 256 g/mol. The summed E-state index contributed by atoms with van der Waals surface area (Å²) in [4.78, 5) is 19.4. The molecule has 7 nitrogen and oxygen atoms in total. The number of thiazole rings is 1. The molecule has 0 atom stereocenters. The zero-order valence-corrected chi connectivity index (χ0v) is 10.4. The number of rotatable bonds is 5. The number of nitrogens with one attached hydrogen (secondary N) is 1. The van der Waals surface area contributed by atoms with Crippen LogP contribution in [0.5, 0.6) is 0 Å². The summed E-state index contributed by atoms with van der Waals surface area (Å²) in [6.45, 7) is 3.66. The summed E-state index contributed by atoms with van der Waals surface area (Å²) in [5.41, 5.74) is 3.54. The number of hydrogen-bond donors (Lipinski definition) is 2. The number of oxime groups is 1. The first-order valence-electron chi connectivity index (χ1n) is 4.62. The number of hydrogen-bond acceptors (Lipinski definition) is 7. The molecular formula is C9H12N4O3S. The lowest BCUT2D eigenvalue weighted by Crippen LogP contribution is -2.15. The van der Waals surface area contributed by atoms with Crippen LogP contribution in [0.1, 0.15) is 19.5 Å². The minimum Gasteiger partial charge on any atom is -0.476 e. The zero-order chi connectivity index (χ0) is 12.8. The number of aromatic nitrogens is 1. The Bertz CT molecular complexity index is 463. The van der Waals surface area contributed by atoms with Gasteiger partial charge < -0.3 is 9.94 Å². The molecule has 0 fully saturated rings. The van der Waals surface area contributed by atoms with Crippen molar-refractivity contribution >= 4 is 33.9 Å². The Kier molecular flexibility index (Phi) is 4.58. The van der Waals surface area contributed by atoms with Gasteiger partial charge in [-0.05, 0) is 13.8 Å². The van der Waals surface area contributed by atoms with Crippen LogP contribution in [0.2, 0.25) is 0 Å². The molecular weight excluding hydrogens is 244 g/mol. The third-order valence-corrected chi connectivity index (χ3v) is 2.25. The van der Waals surface area contributed by atoms with Gasteiger partial charge >= 0.3 is 5.97 Å². The van der Waals surface area contributed by atoms with Crippen LogP contribution in [0.3, 0.4) is 0 Å². The van der Waals surface area contributed by atoms with E-state index in [2.05, 4.69) is 25.5 Å². The van der Waals surface area contributed by atoms with Crippen molar-refractivity contribution in [2.24, 2.45) is 10.3 Å². The van der Waals surface area contributed by atoms with E-state index < -0.39 is 5.97 Å². The topological polar surface area (TPSA) is 96.2 Å². The summed E-state index contributed by atoms with van der Waals surface area (Å²) >= 11 is 1.23. The molecule has 0 radical (unpaired) electrons. The maximum absolute atomic E-state index is 10.9. The van der Waals surface area contributed by atoms with E-state index in [1.165, 1.54) is 18.4 Å². The van der Waals surface area contributed by atoms with Gasteiger partial charge in [-0.3, -0.25) is 5.43 Å². The SMILES string of the molecule is CON=C(C(=O)O)c1csc(NN=C(C)C)n1. The highest BCUT2D eigenvalue weighted by Crippen LogP contribution is 2.16. The molecule has 2 N–H and O–H groups in total. The summed E-state index contributed by atoms with van der Waals surface area (Å²) in [5, 5.41) is 18.3. The fraction of sp³-hybridized carbons (Fsp3) is 0.333. The van der Waals surface area contributed by atoms with Gasteiger partial charge in [0.15, 0.2) is 0 Å². The maximum Gasteiger partial charge on any atom is 0.360 e. The number of carboxylic acid groups (broad SMARTS) is 1. The lowest BCUT2D eigenvalue weighted by Gasteiger charge is -1.96. The first-order chi connectivity index (χ1) is 8.04. The second-order valence-electron chi connectivity index (χ2n) is 3.14. The van der Waals surface area contributed by atoms with Crippen molar-refractivity contribution in [2.75, 3.05) is 12.5 Å². The van der Waals surface area contributed by atoms with Crippen LogP contribution in [-0.2, 0) is 9.63 Å². The third-order valence-electron chi connectivity index (χ3n) is 1.51. The lowest BCUT2D eigenvalue weighted by molar-refractivity contribution is -0.129. The summed E-state index contributed by atoms with van der Waals surface area (Å²) < 4.78 is 0. The van der Waals surface area contributed by atoms with Gasteiger partial charge in [0.25, 0.3) is 0 Å². The summed E-state index contributed by atoms with van der Waals surface area (Å²) in [6, 6.07) is 0. The Hall–Kier alpha value is -1.96. The number of carbonyl (C=O) groups is 1. The number of aliphatic carboxylic acids is 1. The fourth-order valence-corrected chi connectivity index (χ4v) is 1.52. The third kappa shape index (κ3) is 3.83. The number of carboxylic acids is 1. The van der Waals surface area contributed by atoms with Gasteiger partial charge in [0, 0.05) is 11.1 Å². The van der Waals surface area contributed by atoms with Crippen molar-refractivity contribution in [3.63, 3.8) is 0 Å². The summed E-state index contributed by atoms with van der Waals surface area (Å²) in [6.07, 6.45) is 0. The van der Waals surface area contributed by atoms with Gasteiger partial charge in [0.2, 0.25) is 10.8 Å². The quantitative estimate of drug-likeness (QED) is 0.613. The molecule has 0 amide bonds. The number of hydrazone groups is 1. The van der Waals surface area contributed by atoms with Crippen molar-refractivity contribution in [3.8, 4) is 0 Å². The van der Waals surface area contributed by atoms with Gasteiger partial charge in [-0.1, -0.05) is 5.16 Å². The molecule has 1 heterocycles. The Morgan fingerprint density at radius 1 is 1.59 bits per heavy atom. The van der Waals surface area contributed by atoms with Crippen molar-refractivity contribution in [2.45, 2.75) is 13.8 Å². The van der Waals surface area contributed by atoms with Crippen LogP contribution in [0.25, 0.3) is 0 Å². The minimum absolute atomic E-state index is 0.232. The molecule has 8 heteroatoms. The van der Waals surface area contributed by atoms with E-state index in [-0.39, 0.29) is 11.4 Å². The molecule has 1 aromatic heterocycles. The van der Waals surface area contributed by atoms with E-state index in [1.807, 2.05) is 13.8 Å². The molecule has 0 aliphatic rings. The van der Waals surface area contributed by atoms with Gasteiger partial charge in [-0.25, -0.2) is 9.78 Å². The van der Waals surface area contributed by atoms with Crippen molar-refractivity contribution in [3.05, 3.63) is 11.1 Å². The highest BCUT2D eigenvalue weighted by Gasteiger charge is 2.17. The predicted octanol–water partition coefficient (Wildman–Crippen LogP) is 1.39. The maximum atomic E-state index is 10.9. The first kappa shape index (κ1) is 13.1.